The van der Waals surface area contributed by atoms with Crippen LogP contribution in [0.2, 0.25) is 0 Å². The Labute approximate surface area is 158 Å². The van der Waals surface area contributed by atoms with Gasteiger partial charge >= 0.3 is 0 Å². The minimum Gasteiger partial charge on any atom is -0.261 e. The van der Waals surface area contributed by atoms with Crippen LogP contribution in [0.3, 0.4) is 0 Å². The summed E-state index contributed by atoms with van der Waals surface area (Å²) in [6.45, 7) is 11.5. The SMILES string of the molecule is CCN(CC)S(=O)(=O)c1ccc(NN=C2CCC(C(C)(C)C)CC2)nc1. The van der Waals surface area contributed by atoms with Crippen LogP contribution < -0.4 is 5.43 Å². The number of anilines is 1. The first kappa shape index (κ1) is 20.8. The summed E-state index contributed by atoms with van der Waals surface area (Å²) in [6, 6.07) is 3.25. The highest BCUT2D eigenvalue weighted by Gasteiger charge is 2.28. The second-order valence-corrected chi connectivity index (χ2v) is 9.84. The summed E-state index contributed by atoms with van der Waals surface area (Å²) in [4.78, 5) is 4.42. The van der Waals surface area contributed by atoms with Gasteiger partial charge in [0.05, 0.1) is 0 Å². The number of nitrogens with zero attached hydrogens (tertiary/aromatic N) is 3. The van der Waals surface area contributed by atoms with E-state index in [1.54, 1.807) is 12.1 Å². The average Bonchev–Trinajstić information content (AvgIpc) is 2.61. The lowest BCUT2D eigenvalue weighted by Gasteiger charge is -2.34. The summed E-state index contributed by atoms with van der Waals surface area (Å²) >= 11 is 0. The normalized spacial score (nSPS) is 18.8. The van der Waals surface area contributed by atoms with E-state index in [9.17, 15) is 8.42 Å². The van der Waals surface area contributed by atoms with Crippen molar-refractivity contribution in [2.75, 3.05) is 18.5 Å². The van der Waals surface area contributed by atoms with Gasteiger partial charge in [0, 0.05) is 25.0 Å². The van der Waals surface area contributed by atoms with Crippen LogP contribution in [0.4, 0.5) is 5.82 Å². The van der Waals surface area contributed by atoms with Gasteiger partial charge in [-0.15, -0.1) is 0 Å². The van der Waals surface area contributed by atoms with Crippen LogP contribution in [0.25, 0.3) is 0 Å². The van der Waals surface area contributed by atoms with E-state index in [0.29, 0.717) is 24.3 Å². The monoisotopic (exact) mass is 380 g/mol. The van der Waals surface area contributed by atoms with E-state index in [-0.39, 0.29) is 4.90 Å². The molecule has 1 aromatic rings. The highest BCUT2D eigenvalue weighted by molar-refractivity contribution is 7.89. The molecule has 26 heavy (non-hydrogen) atoms. The Bertz CT molecular complexity index is 707. The Morgan fingerprint density at radius 1 is 1.19 bits per heavy atom. The van der Waals surface area contributed by atoms with Crippen LogP contribution >= 0.6 is 0 Å². The fraction of sp³-hybridized carbons (Fsp3) is 0.684. The largest absolute Gasteiger partial charge is 0.261 e. The maximum absolute atomic E-state index is 12.5. The molecular weight excluding hydrogens is 348 g/mol. The van der Waals surface area contributed by atoms with Crippen LogP contribution in [0, 0.1) is 11.3 Å². The van der Waals surface area contributed by atoms with Gasteiger partial charge in [0.1, 0.15) is 10.7 Å². The maximum atomic E-state index is 12.5. The van der Waals surface area contributed by atoms with Gasteiger partial charge < -0.3 is 0 Å². The lowest BCUT2D eigenvalue weighted by atomic mass is 9.72. The zero-order valence-electron chi connectivity index (χ0n) is 16.6. The molecule has 146 valence electrons. The lowest BCUT2D eigenvalue weighted by molar-refractivity contribution is 0.208. The molecule has 0 aromatic carbocycles. The highest BCUT2D eigenvalue weighted by Crippen LogP contribution is 2.36. The summed E-state index contributed by atoms with van der Waals surface area (Å²) in [7, 11) is -3.47. The third-order valence-electron chi connectivity index (χ3n) is 5.20. The molecule has 1 fully saturated rings. The standard InChI is InChI=1S/C19H32N4O2S/c1-6-23(7-2)26(24,25)17-12-13-18(20-14-17)22-21-16-10-8-15(9-11-16)19(3,4)5/h12-15H,6-11H2,1-5H3,(H,20,22). The third kappa shape index (κ3) is 5.04. The van der Waals surface area contributed by atoms with Crippen LogP contribution in [0.1, 0.15) is 60.3 Å². The molecule has 1 N–H and O–H groups in total. The molecule has 6 nitrogen and oxygen atoms in total. The highest BCUT2D eigenvalue weighted by atomic mass is 32.2. The van der Waals surface area contributed by atoms with Gasteiger partial charge in [0.2, 0.25) is 10.0 Å². The summed E-state index contributed by atoms with van der Waals surface area (Å²) < 4.78 is 26.3. The van der Waals surface area contributed by atoms with Crippen LogP contribution in [-0.2, 0) is 10.0 Å². The van der Waals surface area contributed by atoms with Crippen LogP contribution in [-0.4, -0.2) is 36.5 Å². The minimum absolute atomic E-state index is 0.213. The zero-order valence-corrected chi connectivity index (χ0v) is 17.4. The van der Waals surface area contributed by atoms with E-state index in [4.69, 9.17) is 0 Å². The number of hydrazone groups is 1. The van der Waals surface area contributed by atoms with Gasteiger partial charge in [-0.1, -0.05) is 34.6 Å². The molecule has 0 atom stereocenters. The van der Waals surface area contributed by atoms with Crippen LogP contribution in [0.15, 0.2) is 28.3 Å². The number of sulfonamides is 1. The van der Waals surface area contributed by atoms with Crippen molar-refractivity contribution in [2.24, 2.45) is 16.4 Å². The fourth-order valence-electron chi connectivity index (χ4n) is 3.38. The molecule has 1 aliphatic rings. The fourth-order valence-corrected chi connectivity index (χ4v) is 4.78. The molecule has 0 aliphatic heterocycles. The molecule has 0 amide bonds. The molecule has 0 saturated heterocycles. The molecule has 1 aliphatic carbocycles. The molecule has 2 rings (SSSR count). The molecule has 0 spiro atoms. The van der Waals surface area contributed by atoms with Gasteiger partial charge in [-0.05, 0) is 49.1 Å². The Morgan fingerprint density at radius 2 is 1.81 bits per heavy atom. The predicted molar refractivity (Wildman–Crippen MR) is 107 cm³/mol. The van der Waals surface area contributed by atoms with Crippen molar-refractivity contribution in [1.82, 2.24) is 9.29 Å². The first-order valence-corrected chi connectivity index (χ1v) is 10.9. The Morgan fingerprint density at radius 3 is 2.27 bits per heavy atom. The molecular formula is C19H32N4O2S. The van der Waals surface area contributed by atoms with Crippen molar-refractivity contribution >= 4 is 21.6 Å². The molecule has 0 radical (unpaired) electrons. The molecule has 0 bridgehead atoms. The summed E-state index contributed by atoms with van der Waals surface area (Å²) in [6.07, 6.45) is 5.73. The number of rotatable bonds is 6. The van der Waals surface area contributed by atoms with Crippen molar-refractivity contribution < 1.29 is 8.42 Å². The second-order valence-electron chi connectivity index (χ2n) is 7.90. The Hall–Kier alpha value is -1.47. The van der Waals surface area contributed by atoms with E-state index in [0.717, 1.165) is 24.5 Å². The van der Waals surface area contributed by atoms with Crippen molar-refractivity contribution in [3.05, 3.63) is 18.3 Å². The molecule has 1 aromatic heterocycles. The van der Waals surface area contributed by atoms with Crippen molar-refractivity contribution in [1.29, 1.82) is 0 Å². The van der Waals surface area contributed by atoms with E-state index in [2.05, 4.69) is 36.3 Å². The van der Waals surface area contributed by atoms with Crippen molar-refractivity contribution in [2.45, 2.75) is 65.2 Å². The summed E-state index contributed by atoms with van der Waals surface area (Å²) in [5.41, 5.74) is 4.49. The topological polar surface area (TPSA) is 74.7 Å². The number of nitrogens with one attached hydrogen (secondary N) is 1. The number of hydrogen-bond acceptors (Lipinski definition) is 5. The predicted octanol–water partition coefficient (Wildman–Crippen LogP) is 4.12. The quantitative estimate of drug-likeness (QED) is 0.754. The van der Waals surface area contributed by atoms with E-state index in [1.807, 2.05) is 13.8 Å². The maximum Gasteiger partial charge on any atom is 0.244 e. The minimum atomic E-state index is -3.47. The van der Waals surface area contributed by atoms with E-state index in [1.165, 1.54) is 23.3 Å². The Balaban J connectivity index is 1.98. The van der Waals surface area contributed by atoms with Crippen molar-refractivity contribution in [3.8, 4) is 0 Å². The van der Waals surface area contributed by atoms with Gasteiger partial charge in [-0.25, -0.2) is 13.4 Å². The van der Waals surface area contributed by atoms with Gasteiger partial charge in [0.25, 0.3) is 0 Å². The summed E-state index contributed by atoms with van der Waals surface area (Å²) in [5.74, 6) is 1.30. The second kappa shape index (κ2) is 8.48. The Kier molecular flexibility index (Phi) is 6.80. The average molecular weight is 381 g/mol. The number of pyridine rings is 1. The number of aromatic nitrogens is 1. The van der Waals surface area contributed by atoms with Crippen molar-refractivity contribution in [3.63, 3.8) is 0 Å². The first-order chi connectivity index (χ1) is 12.2. The molecule has 7 heteroatoms. The molecule has 1 heterocycles. The summed E-state index contributed by atoms with van der Waals surface area (Å²) in [5, 5.41) is 4.47. The van der Waals surface area contributed by atoms with E-state index < -0.39 is 10.0 Å². The first-order valence-electron chi connectivity index (χ1n) is 9.46. The van der Waals surface area contributed by atoms with E-state index >= 15 is 0 Å². The lowest BCUT2D eigenvalue weighted by Crippen LogP contribution is -2.30. The smallest absolute Gasteiger partial charge is 0.244 e. The third-order valence-corrected chi connectivity index (χ3v) is 7.23. The van der Waals surface area contributed by atoms with Gasteiger partial charge in [0.15, 0.2) is 0 Å². The molecule has 1 saturated carbocycles. The van der Waals surface area contributed by atoms with Gasteiger partial charge in [-0.2, -0.15) is 9.41 Å². The molecule has 0 unspecified atom stereocenters. The zero-order chi connectivity index (χ0) is 19.4. The van der Waals surface area contributed by atoms with Crippen LogP contribution in [0.5, 0.6) is 0 Å². The van der Waals surface area contributed by atoms with Gasteiger partial charge in [-0.3, -0.25) is 5.43 Å². The number of hydrogen-bond donors (Lipinski definition) is 1.